The number of benzene rings is 3. The van der Waals surface area contributed by atoms with Gasteiger partial charge in [0.15, 0.2) is 0 Å². The third-order valence-electron chi connectivity index (χ3n) is 9.67. The molecule has 3 aliphatic heterocycles. The smallest absolute Gasteiger partial charge is 0.257 e. The molecule has 2 saturated heterocycles. The quantitative estimate of drug-likeness (QED) is 0.269. The number of carbonyl (C=O) groups is 1. The van der Waals surface area contributed by atoms with E-state index in [9.17, 15) is 9.00 Å². The Morgan fingerprint density at radius 3 is 2.63 bits per heavy atom. The number of nitrogens with zero attached hydrogens (tertiary/aromatic N) is 6. The van der Waals surface area contributed by atoms with Gasteiger partial charge >= 0.3 is 0 Å². The highest BCUT2D eigenvalue weighted by atomic mass is 35.5. The SMILES string of the molecule is COc1ccc(-n2cnnn2)cc1C(=O)N1CCO[C@](CCN2CCC3(CC2)c2ccccc2CS3=O)(c2ccc(Cl)c(Cl)c2)C1. The Bertz CT molecular complexity index is 1780. The molecule has 10 nitrogen and oxygen atoms in total. The highest BCUT2D eigenvalue weighted by molar-refractivity contribution is 7.85. The minimum atomic E-state index is -0.919. The molecule has 46 heavy (non-hydrogen) atoms. The van der Waals surface area contributed by atoms with E-state index in [4.69, 9.17) is 32.7 Å². The third-order valence-corrected chi connectivity index (χ3v) is 12.5. The van der Waals surface area contributed by atoms with Crippen LogP contribution in [-0.4, -0.2) is 86.6 Å². The van der Waals surface area contributed by atoms with Crippen molar-refractivity contribution >= 4 is 39.9 Å². The largest absolute Gasteiger partial charge is 0.496 e. The molecule has 0 saturated carbocycles. The van der Waals surface area contributed by atoms with Gasteiger partial charge in [0.2, 0.25) is 0 Å². The lowest BCUT2D eigenvalue weighted by Gasteiger charge is -2.45. The summed E-state index contributed by atoms with van der Waals surface area (Å²) in [6, 6.07) is 19.2. The number of fused-ring (bicyclic) bond motifs is 2. The first-order valence-electron chi connectivity index (χ1n) is 15.3. The summed E-state index contributed by atoms with van der Waals surface area (Å²) >= 11 is 12.8. The summed E-state index contributed by atoms with van der Waals surface area (Å²) in [6.07, 6.45) is 3.80. The first kappa shape index (κ1) is 31.3. The molecule has 1 spiro atoms. The maximum absolute atomic E-state index is 14.2. The van der Waals surface area contributed by atoms with E-state index in [1.54, 1.807) is 31.4 Å². The second-order valence-electron chi connectivity index (χ2n) is 12.1. The van der Waals surface area contributed by atoms with Gasteiger partial charge < -0.3 is 19.3 Å². The van der Waals surface area contributed by atoms with E-state index < -0.39 is 16.4 Å². The van der Waals surface area contributed by atoms with Gasteiger partial charge in [-0.2, -0.15) is 0 Å². The van der Waals surface area contributed by atoms with E-state index in [2.05, 4.69) is 38.6 Å². The molecule has 2 fully saturated rings. The van der Waals surface area contributed by atoms with Gasteiger partial charge in [-0.3, -0.25) is 9.00 Å². The van der Waals surface area contributed by atoms with Crippen molar-refractivity contribution in [2.45, 2.75) is 35.4 Å². The fourth-order valence-corrected chi connectivity index (χ4v) is 9.32. The van der Waals surface area contributed by atoms with Crippen molar-refractivity contribution in [1.82, 2.24) is 30.0 Å². The summed E-state index contributed by atoms with van der Waals surface area (Å²) in [5.74, 6) is 0.918. The average Bonchev–Trinajstić information content (AvgIpc) is 3.72. The molecule has 1 unspecified atom stereocenters. The normalized spacial score (nSPS) is 22.6. The highest BCUT2D eigenvalue weighted by Gasteiger charge is 2.47. The summed E-state index contributed by atoms with van der Waals surface area (Å²) in [5, 5.41) is 12.3. The van der Waals surface area contributed by atoms with Crippen LogP contribution in [-0.2, 0) is 31.6 Å². The van der Waals surface area contributed by atoms with E-state index in [0.717, 1.165) is 38.0 Å². The Kier molecular flexibility index (Phi) is 8.62. The molecule has 3 aliphatic rings. The fraction of sp³-hybridized carbons (Fsp3) is 0.394. The summed E-state index contributed by atoms with van der Waals surface area (Å²) in [6.45, 7) is 3.49. The molecule has 7 rings (SSSR count). The molecular formula is C33H34Cl2N6O4S. The predicted octanol–water partition coefficient (Wildman–Crippen LogP) is 4.99. The minimum absolute atomic E-state index is 0.179. The van der Waals surface area contributed by atoms with Gasteiger partial charge in [-0.15, -0.1) is 5.10 Å². The average molecular weight is 682 g/mol. The number of morpholine rings is 1. The zero-order valence-corrected chi connectivity index (χ0v) is 27.7. The molecule has 240 valence electrons. The number of amides is 1. The number of methoxy groups -OCH3 is 1. The molecule has 4 heterocycles. The lowest BCUT2D eigenvalue weighted by molar-refractivity contribution is -0.113. The number of tetrazole rings is 1. The number of halogens is 2. The molecular weight excluding hydrogens is 647 g/mol. The molecule has 2 atom stereocenters. The van der Waals surface area contributed by atoms with Crippen molar-refractivity contribution in [2.24, 2.45) is 0 Å². The Balaban J connectivity index is 1.13. The number of carbonyl (C=O) groups excluding carboxylic acids is 1. The number of piperidine rings is 1. The van der Waals surface area contributed by atoms with Crippen LogP contribution in [0.5, 0.6) is 5.75 Å². The van der Waals surface area contributed by atoms with Crippen molar-refractivity contribution in [3.8, 4) is 11.4 Å². The molecule has 0 aliphatic carbocycles. The second kappa shape index (κ2) is 12.7. The van der Waals surface area contributed by atoms with Crippen molar-refractivity contribution in [1.29, 1.82) is 0 Å². The van der Waals surface area contributed by atoms with Crippen LogP contribution >= 0.6 is 23.2 Å². The Morgan fingerprint density at radius 2 is 1.87 bits per heavy atom. The third kappa shape index (κ3) is 5.62. The van der Waals surface area contributed by atoms with Gasteiger partial charge in [-0.05, 0) is 89.8 Å². The maximum Gasteiger partial charge on any atom is 0.257 e. The van der Waals surface area contributed by atoms with E-state index >= 15 is 0 Å². The first-order chi connectivity index (χ1) is 22.3. The van der Waals surface area contributed by atoms with E-state index in [1.165, 1.54) is 22.1 Å². The lowest BCUT2D eigenvalue weighted by atomic mass is 9.85. The molecule has 13 heteroatoms. The van der Waals surface area contributed by atoms with Crippen LogP contribution in [0.3, 0.4) is 0 Å². The van der Waals surface area contributed by atoms with Crippen LogP contribution in [0, 0.1) is 0 Å². The van der Waals surface area contributed by atoms with Crippen LogP contribution in [0.1, 0.15) is 46.3 Å². The number of aromatic nitrogens is 4. The zero-order valence-electron chi connectivity index (χ0n) is 25.4. The number of ether oxygens (including phenoxy) is 2. The van der Waals surface area contributed by atoms with Crippen LogP contribution in [0.2, 0.25) is 10.0 Å². The predicted molar refractivity (Wildman–Crippen MR) is 176 cm³/mol. The second-order valence-corrected chi connectivity index (χ2v) is 14.6. The van der Waals surface area contributed by atoms with Crippen LogP contribution in [0.15, 0.2) is 67.0 Å². The monoisotopic (exact) mass is 680 g/mol. The van der Waals surface area contributed by atoms with Crippen molar-refractivity contribution in [2.75, 3.05) is 46.4 Å². The van der Waals surface area contributed by atoms with Crippen molar-refractivity contribution in [3.05, 3.63) is 99.3 Å². The zero-order chi connectivity index (χ0) is 31.9. The number of hydrogen-bond donors (Lipinski definition) is 0. The van der Waals surface area contributed by atoms with Crippen LogP contribution in [0.25, 0.3) is 5.69 Å². The Hall–Kier alpha value is -3.35. The van der Waals surface area contributed by atoms with E-state index in [0.29, 0.717) is 58.9 Å². The molecule has 0 radical (unpaired) electrons. The molecule has 0 N–H and O–H groups in total. The maximum atomic E-state index is 14.2. The van der Waals surface area contributed by atoms with Gasteiger partial charge in [-0.25, -0.2) is 4.68 Å². The summed E-state index contributed by atoms with van der Waals surface area (Å²) in [5.41, 5.74) is 3.57. The van der Waals surface area contributed by atoms with Gasteiger partial charge in [0.05, 0.1) is 46.3 Å². The lowest BCUT2D eigenvalue weighted by Crippen LogP contribution is -2.53. The topological polar surface area (TPSA) is 103 Å². The first-order valence-corrected chi connectivity index (χ1v) is 17.4. The minimum Gasteiger partial charge on any atom is -0.496 e. The summed E-state index contributed by atoms with van der Waals surface area (Å²) in [4.78, 5) is 18.4. The number of likely N-dealkylation sites (tertiary alicyclic amines) is 1. The van der Waals surface area contributed by atoms with Gasteiger partial charge in [0.1, 0.15) is 17.7 Å². The van der Waals surface area contributed by atoms with E-state index in [1.807, 2.05) is 23.1 Å². The molecule has 4 aromatic rings. The number of rotatable bonds is 7. The molecule has 0 bridgehead atoms. The van der Waals surface area contributed by atoms with Gasteiger partial charge in [0, 0.05) is 29.6 Å². The molecule has 1 amide bonds. The summed E-state index contributed by atoms with van der Waals surface area (Å²) in [7, 11) is 0.628. The Labute approximate surface area is 280 Å². The number of hydrogen-bond acceptors (Lipinski definition) is 8. The molecule has 3 aromatic carbocycles. The molecule has 1 aromatic heterocycles. The van der Waals surface area contributed by atoms with Crippen LogP contribution < -0.4 is 4.74 Å². The van der Waals surface area contributed by atoms with E-state index in [-0.39, 0.29) is 10.7 Å². The summed E-state index contributed by atoms with van der Waals surface area (Å²) < 4.78 is 26.8. The van der Waals surface area contributed by atoms with Crippen molar-refractivity contribution in [3.63, 3.8) is 0 Å². The van der Waals surface area contributed by atoms with Gasteiger partial charge in [0.25, 0.3) is 5.91 Å². The Morgan fingerprint density at radius 1 is 1.04 bits per heavy atom. The highest BCUT2D eigenvalue weighted by Crippen LogP contribution is 2.47. The van der Waals surface area contributed by atoms with Gasteiger partial charge in [-0.1, -0.05) is 53.5 Å². The van der Waals surface area contributed by atoms with Crippen molar-refractivity contribution < 1.29 is 18.5 Å². The van der Waals surface area contributed by atoms with Crippen LogP contribution in [0.4, 0.5) is 0 Å². The fourth-order valence-electron chi connectivity index (χ4n) is 7.13. The standard InChI is InChI=1S/C33H34Cl2N6O4S/c1-44-30-9-7-25(41-22-36-37-38-41)19-26(30)31(42)40-16-17-45-32(21-40,24-6-8-28(34)29(35)18-24)10-13-39-14-11-33(12-15-39)27-5-3-2-4-23(27)20-46(33)43/h2-9,18-19,22H,10-17,20-21H2,1H3/t32-,46?/m0/s1.